The molecule has 1 aromatic carbocycles. The molecular weight excluding hydrogens is 313 g/mol. The molecular formula is C15H15F3N2O3. The monoisotopic (exact) mass is 328 g/mol. The van der Waals surface area contributed by atoms with Gasteiger partial charge in [0.1, 0.15) is 0 Å². The van der Waals surface area contributed by atoms with Crippen LogP contribution in [0.1, 0.15) is 12.0 Å². The second-order valence-electron chi connectivity index (χ2n) is 5.94. The number of hydrogen-bond donors (Lipinski definition) is 1. The van der Waals surface area contributed by atoms with Crippen molar-refractivity contribution in [3.63, 3.8) is 0 Å². The van der Waals surface area contributed by atoms with Crippen LogP contribution in [0.5, 0.6) is 0 Å². The number of carbonyl (C=O) groups excluding carboxylic acids is 2. The topological polar surface area (TPSA) is 58.6 Å². The molecule has 1 N–H and O–H groups in total. The highest BCUT2D eigenvalue weighted by atomic mass is 19.4. The number of hydrogen-bond acceptors (Lipinski definition) is 4. The molecule has 1 amide bonds. The molecule has 3 rings (SSSR count). The fourth-order valence-corrected chi connectivity index (χ4v) is 2.99. The lowest BCUT2D eigenvalue weighted by Crippen LogP contribution is -2.65. The summed E-state index contributed by atoms with van der Waals surface area (Å²) >= 11 is 0. The van der Waals surface area contributed by atoms with Gasteiger partial charge in [0.25, 0.3) is 0 Å². The van der Waals surface area contributed by atoms with E-state index in [-0.39, 0.29) is 18.9 Å². The minimum atomic E-state index is -5.04. The molecule has 0 bridgehead atoms. The third kappa shape index (κ3) is 3.03. The molecule has 2 heterocycles. The molecule has 1 spiro atoms. The van der Waals surface area contributed by atoms with E-state index in [1.54, 1.807) is 4.90 Å². The van der Waals surface area contributed by atoms with Gasteiger partial charge in [0.2, 0.25) is 5.91 Å². The van der Waals surface area contributed by atoms with E-state index in [1.165, 1.54) is 0 Å². The maximum atomic E-state index is 12.3. The number of amides is 1. The number of carbonyl (C=O) groups is 2. The minimum absolute atomic E-state index is 0.0721. The lowest BCUT2D eigenvalue weighted by Gasteiger charge is -2.46. The van der Waals surface area contributed by atoms with Crippen LogP contribution in [0.2, 0.25) is 0 Å². The van der Waals surface area contributed by atoms with Gasteiger partial charge in [-0.25, -0.2) is 4.79 Å². The zero-order valence-electron chi connectivity index (χ0n) is 12.1. The molecule has 0 saturated carbocycles. The Bertz CT molecular complexity index is 620. The Balaban J connectivity index is 1.65. The molecule has 0 aliphatic carbocycles. The average Bonchev–Trinajstić information content (AvgIpc) is 2.83. The molecule has 23 heavy (non-hydrogen) atoms. The molecule has 5 nitrogen and oxygen atoms in total. The van der Waals surface area contributed by atoms with E-state index >= 15 is 0 Å². The van der Waals surface area contributed by atoms with Crippen molar-refractivity contribution in [3.8, 4) is 0 Å². The molecule has 0 aromatic heterocycles. The van der Waals surface area contributed by atoms with Crippen LogP contribution in [-0.2, 0) is 20.9 Å². The predicted octanol–water partition coefficient (Wildman–Crippen LogP) is 1.44. The van der Waals surface area contributed by atoms with E-state index in [2.05, 4.69) is 10.1 Å². The number of alkyl halides is 3. The Labute approximate surface area is 130 Å². The normalized spacial score (nSPS) is 27.2. The summed E-state index contributed by atoms with van der Waals surface area (Å²) in [6, 6.07) is 9.31. The number of benzene rings is 1. The summed E-state index contributed by atoms with van der Waals surface area (Å²) in [7, 11) is 0. The van der Waals surface area contributed by atoms with Gasteiger partial charge in [0, 0.05) is 26.1 Å². The maximum Gasteiger partial charge on any atom is 0.490 e. The first-order chi connectivity index (χ1) is 10.8. The molecule has 1 aromatic rings. The summed E-state index contributed by atoms with van der Waals surface area (Å²) in [6.45, 7) is 1.00. The molecule has 2 atom stereocenters. The SMILES string of the molecule is O=C1CC2(CNC2OC(=O)C(F)(F)F)CN1Cc1ccccc1. The highest BCUT2D eigenvalue weighted by Gasteiger charge is 2.58. The Morgan fingerprint density at radius 2 is 2.04 bits per heavy atom. The van der Waals surface area contributed by atoms with E-state index in [9.17, 15) is 22.8 Å². The molecule has 2 unspecified atom stereocenters. The van der Waals surface area contributed by atoms with Crippen LogP contribution < -0.4 is 5.32 Å². The van der Waals surface area contributed by atoms with Gasteiger partial charge in [0.15, 0.2) is 6.23 Å². The molecule has 2 saturated heterocycles. The fraction of sp³-hybridized carbons (Fsp3) is 0.467. The van der Waals surface area contributed by atoms with Crippen molar-refractivity contribution < 1.29 is 27.5 Å². The fourth-order valence-electron chi connectivity index (χ4n) is 2.99. The largest absolute Gasteiger partial charge is 0.490 e. The van der Waals surface area contributed by atoms with Crippen LogP contribution in [-0.4, -0.2) is 42.3 Å². The van der Waals surface area contributed by atoms with Crippen LogP contribution in [0.25, 0.3) is 0 Å². The Kier molecular flexibility index (Phi) is 3.79. The van der Waals surface area contributed by atoms with Gasteiger partial charge in [-0.3, -0.25) is 10.1 Å². The number of halogens is 3. The number of rotatable bonds is 3. The number of likely N-dealkylation sites (tertiary alicyclic amines) is 1. The molecule has 2 fully saturated rings. The van der Waals surface area contributed by atoms with E-state index in [0.717, 1.165) is 5.56 Å². The van der Waals surface area contributed by atoms with Gasteiger partial charge in [-0.05, 0) is 5.56 Å². The lowest BCUT2D eigenvalue weighted by atomic mass is 9.78. The summed E-state index contributed by atoms with van der Waals surface area (Å²) in [6.07, 6.45) is -6.05. The quantitative estimate of drug-likeness (QED) is 0.853. The summed E-state index contributed by atoms with van der Waals surface area (Å²) < 4.78 is 41.4. The number of ether oxygens (including phenoxy) is 1. The van der Waals surface area contributed by atoms with Gasteiger partial charge >= 0.3 is 12.1 Å². The van der Waals surface area contributed by atoms with Gasteiger partial charge in [-0.1, -0.05) is 30.3 Å². The zero-order chi connectivity index (χ0) is 16.7. The smallest absolute Gasteiger partial charge is 0.439 e. The van der Waals surface area contributed by atoms with Crippen molar-refractivity contribution in [2.24, 2.45) is 5.41 Å². The summed E-state index contributed by atoms with van der Waals surface area (Å²) in [5.74, 6) is -2.38. The standard InChI is InChI=1S/C15H15F3N2O3/c16-15(17,18)13(22)23-12-14(8-19-12)6-11(21)20(9-14)7-10-4-2-1-3-5-10/h1-5,12,19H,6-9H2. The highest BCUT2D eigenvalue weighted by Crippen LogP contribution is 2.41. The molecule has 8 heteroatoms. The number of esters is 1. The van der Waals surface area contributed by atoms with Crippen molar-refractivity contribution in [3.05, 3.63) is 35.9 Å². The van der Waals surface area contributed by atoms with Crippen LogP contribution in [0.4, 0.5) is 13.2 Å². The molecule has 124 valence electrons. The third-order valence-corrected chi connectivity index (χ3v) is 4.23. The van der Waals surface area contributed by atoms with Crippen LogP contribution in [0, 0.1) is 5.41 Å². The number of nitrogens with zero attached hydrogens (tertiary/aromatic N) is 1. The second kappa shape index (κ2) is 5.52. The highest BCUT2D eigenvalue weighted by molar-refractivity contribution is 5.80. The predicted molar refractivity (Wildman–Crippen MR) is 72.8 cm³/mol. The Morgan fingerprint density at radius 3 is 2.61 bits per heavy atom. The number of nitrogens with one attached hydrogen (secondary N) is 1. The average molecular weight is 328 g/mol. The molecule has 2 aliphatic rings. The van der Waals surface area contributed by atoms with Gasteiger partial charge < -0.3 is 9.64 Å². The van der Waals surface area contributed by atoms with Crippen molar-refractivity contribution >= 4 is 11.9 Å². The molecule has 0 radical (unpaired) electrons. The Morgan fingerprint density at radius 1 is 1.35 bits per heavy atom. The van der Waals surface area contributed by atoms with Gasteiger partial charge in [-0.2, -0.15) is 13.2 Å². The zero-order valence-corrected chi connectivity index (χ0v) is 12.1. The molecule has 2 aliphatic heterocycles. The van der Waals surface area contributed by atoms with Crippen molar-refractivity contribution in [2.75, 3.05) is 13.1 Å². The summed E-state index contributed by atoms with van der Waals surface area (Å²) in [4.78, 5) is 24.7. The van der Waals surface area contributed by atoms with Gasteiger partial charge in [-0.15, -0.1) is 0 Å². The van der Waals surface area contributed by atoms with Crippen LogP contribution >= 0.6 is 0 Å². The van der Waals surface area contributed by atoms with E-state index < -0.39 is 23.8 Å². The van der Waals surface area contributed by atoms with E-state index in [4.69, 9.17) is 0 Å². The van der Waals surface area contributed by atoms with Gasteiger partial charge in [0.05, 0.1) is 5.41 Å². The van der Waals surface area contributed by atoms with Crippen molar-refractivity contribution in [1.29, 1.82) is 0 Å². The third-order valence-electron chi connectivity index (χ3n) is 4.23. The van der Waals surface area contributed by atoms with Crippen LogP contribution in [0.3, 0.4) is 0 Å². The first kappa shape index (κ1) is 15.8. The first-order valence-electron chi connectivity index (χ1n) is 7.13. The Hall–Kier alpha value is -2.09. The van der Waals surface area contributed by atoms with E-state index in [1.807, 2.05) is 30.3 Å². The van der Waals surface area contributed by atoms with E-state index in [0.29, 0.717) is 13.1 Å². The van der Waals surface area contributed by atoms with Crippen LogP contribution in [0.15, 0.2) is 30.3 Å². The van der Waals surface area contributed by atoms with Crippen molar-refractivity contribution in [1.82, 2.24) is 10.2 Å². The van der Waals surface area contributed by atoms with Crippen molar-refractivity contribution in [2.45, 2.75) is 25.4 Å². The first-order valence-corrected chi connectivity index (χ1v) is 7.13. The lowest BCUT2D eigenvalue weighted by molar-refractivity contribution is -0.220. The second-order valence-corrected chi connectivity index (χ2v) is 5.94. The summed E-state index contributed by atoms with van der Waals surface area (Å²) in [5, 5.41) is 2.66. The maximum absolute atomic E-state index is 12.3. The summed E-state index contributed by atoms with van der Waals surface area (Å²) in [5.41, 5.74) is 0.168. The minimum Gasteiger partial charge on any atom is -0.439 e.